The number of aromatic nitrogens is 2. The number of rotatable bonds is 5. The molecule has 0 spiro atoms. The second-order valence-corrected chi connectivity index (χ2v) is 10.9. The highest BCUT2D eigenvalue weighted by molar-refractivity contribution is 8.18. The molecule has 2 unspecified atom stereocenters. The van der Waals surface area contributed by atoms with Crippen molar-refractivity contribution in [2.75, 3.05) is 13.2 Å². The number of alkyl halides is 6. The van der Waals surface area contributed by atoms with Crippen LogP contribution in [-0.4, -0.2) is 62.0 Å². The fraction of sp³-hybridized carbons (Fsp3) is 0.333. The first-order valence-electron chi connectivity index (χ1n) is 12.6. The highest BCUT2D eigenvalue weighted by atomic mass is 32.2. The predicted octanol–water partition coefficient (Wildman–Crippen LogP) is 4.66. The van der Waals surface area contributed by atoms with Crippen LogP contribution in [0.25, 0.3) is 17.0 Å². The maximum absolute atomic E-state index is 13.6. The van der Waals surface area contributed by atoms with Crippen molar-refractivity contribution in [1.29, 1.82) is 0 Å². The number of halogens is 6. The largest absolute Gasteiger partial charge is 0.416 e. The number of aliphatic imine (C=N–C) groups is 1. The average Bonchev–Trinajstić information content (AvgIpc) is 3.59. The number of carbonyl (C=O) groups is 2. The summed E-state index contributed by atoms with van der Waals surface area (Å²) in [6.07, 6.45) is -6.40. The molecule has 2 N–H and O–H groups in total. The van der Waals surface area contributed by atoms with Crippen molar-refractivity contribution in [1.82, 2.24) is 20.0 Å². The molecule has 0 aliphatic carbocycles. The Morgan fingerprint density at radius 1 is 1.14 bits per heavy atom. The van der Waals surface area contributed by atoms with E-state index in [9.17, 15) is 41.0 Å². The molecule has 0 bridgehead atoms. The van der Waals surface area contributed by atoms with Crippen molar-refractivity contribution in [2.45, 2.75) is 44.3 Å². The number of amidine groups is 1. The molecule has 2 amide bonds. The van der Waals surface area contributed by atoms with E-state index < -0.39 is 35.9 Å². The van der Waals surface area contributed by atoms with E-state index in [1.165, 1.54) is 17.8 Å². The van der Waals surface area contributed by atoms with Crippen molar-refractivity contribution >= 4 is 45.7 Å². The first-order chi connectivity index (χ1) is 19.7. The summed E-state index contributed by atoms with van der Waals surface area (Å²) in [4.78, 5) is 30.3. The summed E-state index contributed by atoms with van der Waals surface area (Å²) in [7, 11) is 0. The van der Waals surface area contributed by atoms with Crippen LogP contribution in [0.4, 0.5) is 26.3 Å². The minimum absolute atomic E-state index is 0.100. The number of nitrogens with zero attached hydrogens (tertiary/aromatic N) is 4. The predicted molar refractivity (Wildman–Crippen MR) is 143 cm³/mol. The Hall–Kier alpha value is -3.85. The Morgan fingerprint density at radius 3 is 2.57 bits per heavy atom. The topological polar surface area (TPSA) is 99.8 Å². The van der Waals surface area contributed by atoms with Crippen LogP contribution in [-0.2, 0) is 28.5 Å². The smallest absolute Gasteiger partial charge is 0.394 e. The molecule has 5 rings (SSSR count). The quantitative estimate of drug-likeness (QED) is 0.322. The van der Waals surface area contributed by atoms with Gasteiger partial charge in [-0.25, -0.2) is 0 Å². The van der Waals surface area contributed by atoms with Crippen LogP contribution >= 0.6 is 11.8 Å². The molecule has 2 aromatic carbocycles. The van der Waals surface area contributed by atoms with E-state index in [1.807, 2.05) is 0 Å². The van der Waals surface area contributed by atoms with E-state index in [0.29, 0.717) is 45.6 Å². The van der Waals surface area contributed by atoms with Gasteiger partial charge < -0.3 is 15.3 Å². The van der Waals surface area contributed by atoms with Crippen LogP contribution in [0.1, 0.15) is 35.6 Å². The Kier molecular flexibility index (Phi) is 7.83. The van der Waals surface area contributed by atoms with Gasteiger partial charge in [-0.3, -0.25) is 14.3 Å². The number of fused-ring (bicyclic) bond motifs is 1. The number of aliphatic hydroxyl groups is 1. The molecule has 0 saturated carbocycles. The molecule has 1 fully saturated rings. The van der Waals surface area contributed by atoms with Crippen molar-refractivity contribution < 1.29 is 41.0 Å². The monoisotopic (exact) mass is 611 g/mol. The molecule has 3 aromatic rings. The second-order valence-electron chi connectivity index (χ2n) is 9.92. The maximum atomic E-state index is 13.6. The lowest BCUT2D eigenvalue weighted by molar-refractivity contribution is -0.143. The molecule has 1 saturated heterocycles. The Balaban J connectivity index is 1.35. The molecule has 42 heavy (non-hydrogen) atoms. The average molecular weight is 612 g/mol. The highest BCUT2D eigenvalue weighted by Gasteiger charge is 2.39. The van der Waals surface area contributed by atoms with Gasteiger partial charge in [-0.15, -0.1) is 0 Å². The van der Waals surface area contributed by atoms with Crippen molar-refractivity contribution in [3.05, 3.63) is 69.8 Å². The number of amides is 2. The van der Waals surface area contributed by atoms with Crippen molar-refractivity contribution in [3.63, 3.8) is 0 Å². The SMILES string of the molecule is CC(=O)NC1CC(CO)N(C2=NC(=O)/C(=C\c3ccc4c(cnn4Cc4ccc(C(F)(F)F)cc4C(F)(F)F)c3)S2)C1. The molecule has 8 nitrogen and oxygen atoms in total. The normalized spacial score (nSPS) is 20.6. The number of hydrogen-bond donors (Lipinski definition) is 2. The molecule has 2 aliphatic heterocycles. The Morgan fingerprint density at radius 2 is 1.90 bits per heavy atom. The summed E-state index contributed by atoms with van der Waals surface area (Å²) in [5, 5.41) is 17.7. The molecular formula is C27H23F6N5O3S. The summed E-state index contributed by atoms with van der Waals surface area (Å²) in [5.74, 6) is -0.678. The molecule has 0 radical (unpaired) electrons. The summed E-state index contributed by atoms with van der Waals surface area (Å²) in [6.45, 7) is 1.19. The van der Waals surface area contributed by atoms with Crippen LogP contribution in [0.15, 0.2) is 52.5 Å². The minimum atomic E-state index is -5.00. The number of carbonyl (C=O) groups excluding carboxylic acids is 2. The first-order valence-corrected chi connectivity index (χ1v) is 13.4. The van der Waals surface area contributed by atoms with Gasteiger partial charge in [0.25, 0.3) is 5.91 Å². The van der Waals surface area contributed by atoms with Crippen LogP contribution < -0.4 is 5.32 Å². The lowest BCUT2D eigenvalue weighted by atomic mass is 10.0. The van der Waals surface area contributed by atoms with Gasteiger partial charge in [-0.2, -0.15) is 36.4 Å². The summed E-state index contributed by atoms with van der Waals surface area (Å²) in [5.41, 5.74) is -2.11. The van der Waals surface area contributed by atoms with Gasteiger partial charge in [-0.05, 0) is 59.7 Å². The molecule has 2 atom stereocenters. The zero-order valence-electron chi connectivity index (χ0n) is 21.8. The molecular weight excluding hydrogens is 588 g/mol. The zero-order valence-corrected chi connectivity index (χ0v) is 22.6. The van der Waals surface area contributed by atoms with E-state index in [-0.39, 0.29) is 36.2 Å². The third kappa shape index (κ3) is 6.16. The number of aliphatic hydroxyl groups excluding tert-OH is 1. The van der Waals surface area contributed by atoms with E-state index >= 15 is 0 Å². The zero-order chi connectivity index (χ0) is 30.4. The van der Waals surface area contributed by atoms with Gasteiger partial charge in [0.15, 0.2) is 5.17 Å². The fourth-order valence-electron chi connectivity index (χ4n) is 5.03. The molecule has 3 heterocycles. The van der Waals surface area contributed by atoms with Crippen LogP contribution in [0.2, 0.25) is 0 Å². The van der Waals surface area contributed by atoms with Crippen molar-refractivity contribution in [3.8, 4) is 0 Å². The fourth-order valence-corrected chi connectivity index (χ4v) is 6.02. The van der Waals surface area contributed by atoms with Gasteiger partial charge in [-0.1, -0.05) is 12.1 Å². The molecule has 222 valence electrons. The maximum Gasteiger partial charge on any atom is 0.416 e. The van der Waals surface area contributed by atoms with Gasteiger partial charge in [0, 0.05) is 24.9 Å². The van der Waals surface area contributed by atoms with Gasteiger partial charge in [0.2, 0.25) is 5.91 Å². The molecule has 1 aromatic heterocycles. The van der Waals surface area contributed by atoms with E-state index in [0.717, 1.165) is 17.8 Å². The number of benzene rings is 2. The minimum Gasteiger partial charge on any atom is -0.394 e. The number of thioether (sulfide) groups is 1. The summed E-state index contributed by atoms with van der Waals surface area (Å²) >= 11 is 1.13. The Bertz CT molecular complexity index is 1610. The standard InChI is InChI=1S/C27H23F6N5O3S/c1-14(40)35-19-9-20(13-39)37(12-19)25-36-24(41)23(42-25)7-15-2-5-22-17(6-15)10-34-38(22)11-16-3-4-18(26(28,29)30)8-21(16)27(31,32)33/h2-8,10,19-20,39H,9,11-13H2,1H3,(H,35,40)/b23-7+. The van der Waals surface area contributed by atoms with E-state index in [1.54, 1.807) is 29.2 Å². The van der Waals surface area contributed by atoms with Crippen LogP contribution in [0, 0.1) is 0 Å². The lowest BCUT2D eigenvalue weighted by Gasteiger charge is -2.23. The number of nitrogens with one attached hydrogen (secondary N) is 1. The molecule has 2 aliphatic rings. The van der Waals surface area contributed by atoms with Gasteiger partial charge >= 0.3 is 12.4 Å². The number of hydrogen-bond acceptors (Lipinski definition) is 6. The van der Waals surface area contributed by atoms with Gasteiger partial charge in [0.05, 0.1) is 46.9 Å². The first kappa shape index (κ1) is 29.6. The summed E-state index contributed by atoms with van der Waals surface area (Å²) in [6, 6.07) is 5.91. The van der Waals surface area contributed by atoms with Crippen LogP contribution in [0.5, 0.6) is 0 Å². The Labute approximate surface area is 239 Å². The third-order valence-corrected chi connectivity index (χ3v) is 7.93. The van der Waals surface area contributed by atoms with Crippen LogP contribution in [0.3, 0.4) is 0 Å². The number of likely N-dealkylation sites (tertiary alicyclic amines) is 1. The van der Waals surface area contributed by atoms with E-state index in [2.05, 4.69) is 15.4 Å². The third-order valence-electron chi connectivity index (χ3n) is 6.91. The van der Waals surface area contributed by atoms with E-state index in [4.69, 9.17) is 0 Å². The molecule has 15 heteroatoms. The lowest BCUT2D eigenvalue weighted by Crippen LogP contribution is -2.38. The summed E-state index contributed by atoms with van der Waals surface area (Å²) < 4.78 is 81.1. The second kappa shape index (κ2) is 11.1. The van der Waals surface area contributed by atoms with Gasteiger partial charge in [0.1, 0.15) is 0 Å². The van der Waals surface area contributed by atoms with Crippen molar-refractivity contribution in [2.24, 2.45) is 4.99 Å². The highest BCUT2D eigenvalue weighted by Crippen LogP contribution is 2.38.